The molecular formula is C13H9BrN8O2. The Labute approximate surface area is 142 Å². The largest absolute Gasteiger partial charge is 0.464 e. The molecule has 10 nitrogen and oxygen atoms in total. The molecule has 120 valence electrons. The van der Waals surface area contributed by atoms with Crippen molar-refractivity contribution in [3.05, 3.63) is 35.2 Å². The molecule has 0 aliphatic carbocycles. The standard InChI is InChI=1S/C13H9BrN8O2/c1-24-11(23)6-2-3-22-9(7-4-15-5-16-7)8(18-13(22)17-6)10-19-12(14)21-20-10/h2-5H,1H3,(H,15,16)(H,19,20,21). The zero-order chi connectivity index (χ0) is 16.7. The van der Waals surface area contributed by atoms with E-state index in [9.17, 15) is 4.79 Å². The molecule has 4 aromatic heterocycles. The number of imidazole rings is 2. The molecular weight excluding hydrogens is 380 g/mol. The summed E-state index contributed by atoms with van der Waals surface area (Å²) in [5.74, 6) is 0.231. The number of ether oxygens (including phenoxy) is 1. The molecule has 0 spiro atoms. The molecule has 0 aliphatic heterocycles. The van der Waals surface area contributed by atoms with Crippen LogP contribution in [-0.2, 0) is 4.74 Å². The van der Waals surface area contributed by atoms with Crippen LogP contribution in [0.5, 0.6) is 0 Å². The first-order valence-electron chi connectivity index (χ1n) is 6.72. The summed E-state index contributed by atoms with van der Waals surface area (Å²) in [5, 5.41) is 6.75. The summed E-state index contributed by atoms with van der Waals surface area (Å²) in [5.41, 5.74) is 1.99. The van der Waals surface area contributed by atoms with E-state index >= 15 is 0 Å². The number of aromatic nitrogens is 8. The predicted molar refractivity (Wildman–Crippen MR) is 85.0 cm³/mol. The monoisotopic (exact) mass is 388 g/mol. The van der Waals surface area contributed by atoms with Gasteiger partial charge in [-0.2, -0.15) is 4.98 Å². The molecule has 24 heavy (non-hydrogen) atoms. The van der Waals surface area contributed by atoms with Crippen molar-refractivity contribution in [1.82, 2.24) is 39.5 Å². The van der Waals surface area contributed by atoms with E-state index in [4.69, 9.17) is 4.74 Å². The van der Waals surface area contributed by atoms with E-state index in [1.807, 2.05) is 0 Å². The van der Waals surface area contributed by atoms with Crippen molar-refractivity contribution in [3.8, 4) is 22.9 Å². The average molecular weight is 389 g/mol. The number of carbonyl (C=O) groups excluding carboxylic acids is 1. The third-order valence-corrected chi connectivity index (χ3v) is 3.67. The molecule has 4 aromatic rings. The van der Waals surface area contributed by atoms with Gasteiger partial charge in [-0.3, -0.25) is 9.50 Å². The van der Waals surface area contributed by atoms with Crippen molar-refractivity contribution in [2.45, 2.75) is 0 Å². The van der Waals surface area contributed by atoms with Gasteiger partial charge in [0.05, 0.1) is 13.4 Å². The number of halogens is 1. The van der Waals surface area contributed by atoms with Gasteiger partial charge in [0.1, 0.15) is 17.1 Å². The van der Waals surface area contributed by atoms with E-state index in [1.54, 1.807) is 29.2 Å². The van der Waals surface area contributed by atoms with Gasteiger partial charge in [-0.05, 0) is 22.0 Å². The van der Waals surface area contributed by atoms with Crippen molar-refractivity contribution >= 4 is 27.7 Å². The third-order valence-electron chi connectivity index (χ3n) is 3.31. The number of rotatable bonds is 3. The number of hydrogen-bond acceptors (Lipinski definition) is 7. The van der Waals surface area contributed by atoms with Crippen LogP contribution in [0, 0.1) is 0 Å². The zero-order valence-electron chi connectivity index (χ0n) is 12.2. The molecule has 0 fully saturated rings. The molecule has 4 heterocycles. The van der Waals surface area contributed by atoms with Gasteiger partial charge in [0.15, 0.2) is 11.5 Å². The number of methoxy groups -OCH3 is 1. The second-order valence-electron chi connectivity index (χ2n) is 4.69. The quantitative estimate of drug-likeness (QED) is 0.508. The van der Waals surface area contributed by atoms with E-state index in [1.165, 1.54) is 7.11 Å². The minimum atomic E-state index is -0.536. The highest BCUT2D eigenvalue weighted by Crippen LogP contribution is 2.29. The lowest BCUT2D eigenvalue weighted by Gasteiger charge is -2.01. The Hall–Kier alpha value is -3.08. The molecule has 0 amide bonds. The Bertz CT molecular complexity index is 1040. The first-order valence-corrected chi connectivity index (χ1v) is 7.51. The summed E-state index contributed by atoms with van der Waals surface area (Å²) in [4.78, 5) is 31.8. The molecule has 4 rings (SSSR count). The minimum absolute atomic E-state index is 0.161. The second kappa shape index (κ2) is 5.53. The smallest absolute Gasteiger partial charge is 0.356 e. The van der Waals surface area contributed by atoms with Crippen LogP contribution in [-0.4, -0.2) is 52.6 Å². The summed E-state index contributed by atoms with van der Waals surface area (Å²) < 4.78 is 6.82. The number of aromatic amines is 2. The van der Waals surface area contributed by atoms with E-state index < -0.39 is 5.97 Å². The summed E-state index contributed by atoms with van der Waals surface area (Å²) >= 11 is 3.20. The summed E-state index contributed by atoms with van der Waals surface area (Å²) in [6.45, 7) is 0. The molecule has 0 unspecified atom stereocenters. The van der Waals surface area contributed by atoms with Crippen LogP contribution < -0.4 is 0 Å². The lowest BCUT2D eigenvalue weighted by molar-refractivity contribution is 0.0594. The van der Waals surface area contributed by atoms with Gasteiger partial charge in [0.2, 0.25) is 10.5 Å². The lowest BCUT2D eigenvalue weighted by atomic mass is 10.2. The Morgan fingerprint density at radius 1 is 1.33 bits per heavy atom. The molecule has 0 saturated heterocycles. The second-order valence-corrected chi connectivity index (χ2v) is 5.40. The Morgan fingerprint density at radius 2 is 2.21 bits per heavy atom. The van der Waals surface area contributed by atoms with Crippen molar-refractivity contribution in [2.24, 2.45) is 0 Å². The number of fused-ring (bicyclic) bond motifs is 1. The molecule has 11 heteroatoms. The first kappa shape index (κ1) is 14.5. The number of carbonyl (C=O) groups is 1. The lowest BCUT2D eigenvalue weighted by Crippen LogP contribution is -2.05. The number of nitrogens with one attached hydrogen (secondary N) is 2. The van der Waals surface area contributed by atoms with Crippen molar-refractivity contribution in [1.29, 1.82) is 0 Å². The summed E-state index contributed by atoms with van der Waals surface area (Å²) in [6, 6.07) is 1.55. The molecule has 0 atom stereocenters. The molecule has 0 bridgehead atoms. The third kappa shape index (κ3) is 2.25. The maximum Gasteiger partial charge on any atom is 0.356 e. The fourth-order valence-electron chi connectivity index (χ4n) is 2.30. The van der Waals surface area contributed by atoms with Crippen LogP contribution in [0.3, 0.4) is 0 Å². The van der Waals surface area contributed by atoms with Crippen LogP contribution in [0.1, 0.15) is 10.5 Å². The Kier molecular flexibility index (Phi) is 3.34. The maximum atomic E-state index is 11.7. The fraction of sp³-hybridized carbons (Fsp3) is 0.0769. The van der Waals surface area contributed by atoms with Gasteiger partial charge in [0.25, 0.3) is 0 Å². The molecule has 2 N–H and O–H groups in total. The Balaban J connectivity index is 1.99. The van der Waals surface area contributed by atoms with E-state index in [2.05, 4.69) is 51.0 Å². The highest BCUT2D eigenvalue weighted by molar-refractivity contribution is 9.10. The summed E-state index contributed by atoms with van der Waals surface area (Å²) in [7, 11) is 1.30. The predicted octanol–water partition coefficient (Wildman–Crippen LogP) is 1.45. The zero-order valence-corrected chi connectivity index (χ0v) is 13.8. The average Bonchev–Trinajstić information content (AvgIpc) is 3.31. The van der Waals surface area contributed by atoms with Crippen molar-refractivity contribution in [2.75, 3.05) is 7.11 Å². The topological polar surface area (TPSA) is 127 Å². The molecule has 0 saturated carbocycles. The first-order chi connectivity index (χ1) is 11.7. The van der Waals surface area contributed by atoms with Gasteiger partial charge in [0, 0.05) is 12.4 Å². The van der Waals surface area contributed by atoms with Gasteiger partial charge in [-0.25, -0.2) is 19.7 Å². The van der Waals surface area contributed by atoms with Gasteiger partial charge < -0.3 is 9.72 Å². The van der Waals surface area contributed by atoms with Crippen molar-refractivity contribution < 1.29 is 9.53 Å². The van der Waals surface area contributed by atoms with Crippen molar-refractivity contribution in [3.63, 3.8) is 0 Å². The maximum absolute atomic E-state index is 11.7. The van der Waals surface area contributed by atoms with Crippen LogP contribution >= 0.6 is 15.9 Å². The van der Waals surface area contributed by atoms with Gasteiger partial charge in [-0.1, -0.05) is 0 Å². The van der Waals surface area contributed by atoms with E-state index in [0.29, 0.717) is 33.4 Å². The van der Waals surface area contributed by atoms with Crippen LogP contribution in [0.2, 0.25) is 0 Å². The van der Waals surface area contributed by atoms with Gasteiger partial charge >= 0.3 is 5.97 Å². The number of hydrogen-bond donors (Lipinski definition) is 2. The van der Waals surface area contributed by atoms with E-state index in [-0.39, 0.29) is 5.69 Å². The summed E-state index contributed by atoms with van der Waals surface area (Å²) in [6.07, 6.45) is 4.97. The number of esters is 1. The Morgan fingerprint density at radius 3 is 2.88 bits per heavy atom. The van der Waals surface area contributed by atoms with Crippen LogP contribution in [0.15, 0.2) is 29.5 Å². The SMILES string of the molecule is COC(=O)c1ccn2c(-c3c[nH]cn3)c(-c3nc(Br)n[nH]3)nc2n1. The minimum Gasteiger partial charge on any atom is -0.464 e. The van der Waals surface area contributed by atoms with Crippen LogP contribution in [0.4, 0.5) is 0 Å². The molecule has 0 aromatic carbocycles. The number of H-pyrrole nitrogens is 2. The molecule has 0 radical (unpaired) electrons. The number of nitrogens with zero attached hydrogens (tertiary/aromatic N) is 6. The van der Waals surface area contributed by atoms with Gasteiger partial charge in [-0.15, -0.1) is 5.10 Å². The van der Waals surface area contributed by atoms with Crippen LogP contribution in [0.25, 0.3) is 28.7 Å². The normalized spacial score (nSPS) is 11.1. The molecule has 0 aliphatic rings. The highest BCUT2D eigenvalue weighted by atomic mass is 79.9. The fourth-order valence-corrected chi connectivity index (χ4v) is 2.56. The highest BCUT2D eigenvalue weighted by Gasteiger charge is 2.21. The van der Waals surface area contributed by atoms with E-state index in [0.717, 1.165) is 0 Å².